The molecular weight excluding hydrogens is 384 g/mol. The molecule has 2 aromatic rings. The van der Waals surface area contributed by atoms with Gasteiger partial charge in [-0.25, -0.2) is 8.42 Å². The number of sulfonamides is 1. The summed E-state index contributed by atoms with van der Waals surface area (Å²) in [6, 6.07) is 11.0. The van der Waals surface area contributed by atoms with Gasteiger partial charge in [0.2, 0.25) is 10.0 Å². The monoisotopic (exact) mass is 414 g/mol. The number of carbonyl (C=O) groups is 1. The molecule has 6 heteroatoms. The molecule has 5 nitrogen and oxygen atoms in total. The van der Waals surface area contributed by atoms with Crippen LogP contribution in [-0.4, -0.2) is 31.7 Å². The molecule has 2 aromatic carbocycles. The Labute approximate surface area is 174 Å². The zero-order chi connectivity index (χ0) is 21.2. The van der Waals surface area contributed by atoms with E-state index in [0.717, 1.165) is 24.8 Å². The number of nitrogens with one attached hydrogen (secondary N) is 1. The molecule has 0 aromatic heterocycles. The molecule has 29 heavy (non-hydrogen) atoms. The molecule has 1 saturated heterocycles. The summed E-state index contributed by atoms with van der Waals surface area (Å²) in [5.74, 6) is -0.257. The third-order valence-corrected chi connectivity index (χ3v) is 7.82. The van der Waals surface area contributed by atoms with Gasteiger partial charge in [-0.1, -0.05) is 31.2 Å². The van der Waals surface area contributed by atoms with Gasteiger partial charge in [-0.2, -0.15) is 4.31 Å². The third kappa shape index (κ3) is 4.54. The minimum Gasteiger partial charge on any atom is -0.345 e. The first-order valence-corrected chi connectivity index (χ1v) is 11.7. The van der Waals surface area contributed by atoms with Crippen LogP contribution in [0.2, 0.25) is 0 Å². The summed E-state index contributed by atoms with van der Waals surface area (Å²) < 4.78 is 27.5. The van der Waals surface area contributed by atoms with E-state index in [4.69, 9.17) is 0 Å². The van der Waals surface area contributed by atoms with Gasteiger partial charge >= 0.3 is 0 Å². The van der Waals surface area contributed by atoms with Crippen molar-refractivity contribution in [2.24, 2.45) is 0 Å². The maximum absolute atomic E-state index is 13.0. The highest BCUT2D eigenvalue weighted by molar-refractivity contribution is 7.89. The Bertz CT molecular complexity index is 1010. The minimum absolute atomic E-state index is 0.123. The fourth-order valence-corrected chi connectivity index (χ4v) is 5.50. The van der Waals surface area contributed by atoms with Gasteiger partial charge in [-0.05, 0) is 74.4 Å². The highest BCUT2D eigenvalue weighted by Crippen LogP contribution is 2.25. The number of hydrogen-bond acceptors (Lipinski definition) is 3. The predicted molar refractivity (Wildman–Crippen MR) is 116 cm³/mol. The van der Waals surface area contributed by atoms with Crippen LogP contribution in [0.15, 0.2) is 41.3 Å². The standard InChI is InChI=1S/C23H30N2O3S/c1-5-21(19-10-8-16(2)18(4)14-19)24-23(26)20-11-9-17(3)22(15-20)29(27,28)25-12-6-7-13-25/h8-11,14-15,21H,5-7,12-13H2,1-4H3,(H,24,26)/t21-/m0/s1. The lowest BCUT2D eigenvalue weighted by molar-refractivity contribution is 0.0935. The minimum atomic E-state index is -3.57. The second kappa shape index (κ2) is 8.67. The van der Waals surface area contributed by atoms with Crippen LogP contribution >= 0.6 is 0 Å². The molecule has 0 saturated carbocycles. The van der Waals surface area contributed by atoms with Gasteiger partial charge in [-0.3, -0.25) is 4.79 Å². The van der Waals surface area contributed by atoms with Gasteiger partial charge < -0.3 is 5.32 Å². The summed E-state index contributed by atoms with van der Waals surface area (Å²) in [4.78, 5) is 13.2. The Morgan fingerprint density at radius 1 is 1.00 bits per heavy atom. The average Bonchev–Trinajstić information content (AvgIpc) is 3.24. The van der Waals surface area contributed by atoms with Crippen molar-refractivity contribution in [3.8, 4) is 0 Å². The molecule has 1 amide bonds. The molecule has 1 atom stereocenters. The van der Waals surface area contributed by atoms with E-state index in [-0.39, 0.29) is 16.8 Å². The fraction of sp³-hybridized carbons (Fsp3) is 0.435. The van der Waals surface area contributed by atoms with Crippen molar-refractivity contribution >= 4 is 15.9 Å². The number of rotatable bonds is 6. The molecule has 1 aliphatic rings. The van der Waals surface area contributed by atoms with E-state index in [1.807, 2.05) is 13.0 Å². The second-order valence-corrected chi connectivity index (χ2v) is 9.78. The van der Waals surface area contributed by atoms with Crippen molar-refractivity contribution in [3.63, 3.8) is 0 Å². The van der Waals surface area contributed by atoms with Crippen molar-refractivity contribution in [1.29, 1.82) is 0 Å². The Morgan fingerprint density at radius 3 is 2.28 bits per heavy atom. The molecule has 1 N–H and O–H groups in total. The Kier molecular flexibility index (Phi) is 6.44. The van der Waals surface area contributed by atoms with E-state index >= 15 is 0 Å². The lowest BCUT2D eigenvalue weighted by Crippen LogP contribution is -2.30. The van der Waals surface area contributed by atoms with Crippen LogP contribution in [0.3, 0.4) is 0 Å². The lowest BCUT2D eigenvalue weighted by atomic mass is 9.99. The molecule has 0 unspecified atom stereocenters. The molecule has 1 fully saturated rings. The average molecular weight is 415 g/mol. The van der Waals surface area contributed by atoms with Crippen LogP contribution in [0.1, 0.15) is 64.8 Å². The van der Waals surface area contributed by atoms with Gasteiger partial charge in [0.25, 0.3) is 5.91 Å². The molecule has 156 valence electrons. The fourth-order valence-electron chi connectivity index (χ4n) is 3.73. The highest BCUT2D eigenvalue weighted by Gasteiger charge is 2.29. The lowest BCUT2D eigenvalue weighted by Gasteiger charge is -2.20. The molecule has 0 bridgehead atoms. The predicted octanol–water partition coefficient (Wildman–Crippen LogP) is 4.28. The maximum Gasteiger partial charge on any atom is 0.251 e. The van der Waals surface area contributed by atoms with Crippen LogP contribution in [0.4, 0.5) is 0 Å². The zero-order valence-electron chi connectivity index (χ0n) is 17.7. The molecule has 3 rings (SSSR count). The molecule has 0 radical (unpaired) electrons. The largest absolute Gasteiger partial charge is 0.345 e. The number of hydrogen-bond donors (Lipinski definition) is 1. The van der Waals surface area contributed by atoms with Crippen molar-refractivity contribution in [2.45, 2.75) is 57.9 Å². The molecule has 1 aliphatic heterocycles. The van der Waals surface area contributed by atoms with Crippen molar-refractivity contribution in [3.05, 3.63) is 64.2 Å². The van der Waals surface area contributed by atoms with E-state index in [9.17, 15) is 13.2 Å². The van der Waals surface area contributed by atoms with Crippen LogP contribution in [0, 0.1) is 20.8 Å². The van der Waals surface area contributed by atoms with E-state index in [2.05, 4.69) is 31.3 Å². The zero-order valence-corrected chi connectivity index (χ0v) is 18.5. The van der Waals surface area contributed by atoms with Gasteiger partial charge in [0, 0.05) is 18.7 Å². The van der Waals surface area contributed by atoms with Crippen LogP contribution in [0.25, 0.3) is 0 Å². The Hall–Kier alpha value is -2.18. The first-order valence-electron chi connectivity index (χ1n) is 10.2. The Morgan fingerprint density at radius 2 is 1.66 bits per heavy atom. The van der Waals surface area contributed by atoms with Crippen molar-refractivity contribution in [2.75, 3.05) is 13.1 Å². The first kappa shape index (κ1) is 21.5. The van der Waals surface area contributed by atoms with E-state index in [1.54, 1.807) is 19.1 Å². The summed E-state index contributed by atoms with van der Waals surface area (Å²) >= 11 is 0. The van der Waals surface area contributed by atoms with Crippen LogP contribution in [-0.2, 0) is 10.0 Å². The number of aryl methyl sites for hydroxylation is 3. The number of nitrogens with zero attached hydrogens (tertiary/aromatic N) is 1. The molecule has 0 aliphatic carbocycles. The van der Waals surface area contributed by atoms with Gasteiger partial charge in [-0.15, -0.1) is 0 Å². The first-order chi connectivity index (χ1) is 13.7. The van der Waals surface area contributed by atoms with E-state index < -0.39 is 10.0 Å². The molecule has 1 heterocycles. The molecular formula is C23H30N2O3S. The quantitative estimate of drug-likeness (QED) is 0.767. The molecule has 0 spiro atoms. The smallest absolute Gasteiger partial charge is 0.251 e. The van der Waals surface area contributed by atoms with Crippen molar-refractivity contribution in [1.82, 2.24) is 9.62 Å². The summed E-state index contributed by atoms with van der Waals surface area (Å²) in [7, 11) is -3.57. The van der Waals surface area contributed by atoms with E-state index in [0.29, 0.717) is 24.2 Å². The van der Waals surface area contributed by atoms with E-state index in [1.165, 1.54) is 21.5 Å². The summed E-state index contributed by atoms with van der Waals surface area (Å²) in [5.41, 5.74) is 4.49. The van der Waals surface area contributed by atoms with Gasteiger partial charge in [0.05, 0.1) is 10.9 Å². The van der Waals surface area contributed by atoms with Gasteiger partial charge in [0.1, 0.15) is 0 Å². The van der Waals surface area contributed by atoms with Crippen molar-refractivity contribution < 1.29 is 13.2 Å². The number of carbonyl (C=O) groups excluding carboxylic acids is 1. The number of amides is 1. The summed E-state index contributed by atoms with van der Waals surface area (Å²) in [5, 5.41) is 3.07. The second-order valence-electron chi connectivity index (χ2n) is 7.87. The highest BCUT2D eigenvalue weighted by atomic mass is 32.2. The SMILES string of the molecule is CC[C@H](NC(=O)c1ccc(C)c(S(=O)(=O)N2CCCC2)c1)c1ccc(C)c(C)c1. The normalized spacial score (nSPS) is 16.0. The maximum atomic E-state index is 13.0. The summed E-state index contributed by atoms with van der Waals surface area (Å²) in [6.45, 7) is 9.01. The summed E-state index contributed by atoms with van der Waals surface area (Å²) in [6.07, 6.45) is 2.51. The third-order valence-electron chi connectivity index (χ3n) is 5.78. The van der Waals surface area contributed by atoms with Crippen LogP contribution < -0.4 is 5.32 Å². The topological polar surface area (TPSA) is 66.5 Å². The number of benzene rings is 2. The Balaban J connectivity index is 1.86. The van der Waals surface area contributed by atoms with Gasteiger partial charge in [0.15, 0.2) is 0 Å². The van der Waals surface area contributed by atoms with Crippen LogP contribution in [0.5, 0.6) is 0 Å².